The first-order valence-electron chi connectivity index (χ1n) is 5.42. The van der Waals surface area contributed by atoms with Crippen LogP contribution in [-0.4, -0.2) is 14.2 Å². The fourth-order valence-electron chi connectivity index (χ4n) is 1.87. The lowest BCUT2D eigenvalue weighted by atomic mass is 9.96. The van der Waals surface area contributed by atoms with E-state index in [9.17, 15) is 0 Å². The van der Waals surface area contributed by atoms with Crippen LogP contribution in [0.5, 0.6) is 5.75 Å². The summed E-state index contributed by atoms with van der Waals surface area (Å²) in [4.78, 5) is 0. The summed E-state index contributed by atoms with van der Waals surface area (Å²) in [5, 5.41) is 0. The number of methoxy groups -OCH3 is 2. The van der Waals surface area contributed by atoms with Crippen molar-refractivity contribution >= 4 is 5.57 Å². The third-order valence-corrected chi connectivity index (χ3v) is 2.75. The first-order chi connectivity index (χ1) is 7.83. The van der Waals surface area contributed by atoms with Crippen molar-refractivity contribution in [2.75, 3.05) is 14.2 Å². The Labute approximate surface area is 96.2 Å². The van der Waals surface area contributed by atoms with E-state index in [0.717, 1.165) is 24.4 Å². The predicted octanol–water partition coefficient (Wildman–Crippen LogP) is 3.40. The molecule has 0 heterocycles. The minimum Gasteiger partial charge on any atom is -0.497 e. The molecule has 1 aromatic rings. The van der Waals surface area contributed by atoms with Crippen LogP contribution in [0.3, 0.4) is 0 Å². The number of hydrogen-bond acceptors (Lipinski definition) is 2. The Bertz CT molecular complexity index is 430. The highest BCUT2D eigenvalue weighted by molar-refractivity contribution is 5.70. The second-order valence-electron chi connectivity index (χ2n) is 3.75. The Balaban J connectivity index is 2.30. The molecule has 16 heavy (non-hydrogen) atoms. The molecule has 0 saturated heterocycles. The van der Waals surface area contributed by atoms with Crippen LogP contribution in [-0.2, 0) is 4.74 Å². The fourth-order valence-corrected chi connectivity index (χ4v) is 1.87. The Hall–Kier alpha value is -1.70. The molecule has 1 aromatic carbocycles. The van der Waals surface area contributed by atoms with Gasteiger partial charge in [0.05, 0.1) is 14.2 Å². The average molecular weight is 216 g/mol. The number of rotatable bonds is 3. The Morgan fingerprint density at radius 1 is 1.12 bits per heavy atom. The van der Waals surface area contributed by atoms with Crippen molar-refractivity contribution in [1.82, 2.24) is 0 Å². The molecule has 0 saturated carbocycles. The van der Waals surface area contributed by atoms with E-state index in [1.165, 1.54) is 11.1 Å². The van der Waals surface area contributed by atoms with E-state index in [1.807, 2.05) is 12.1 Å². The molecule has 84 valence electrons. The van der Waals surface area contributed by atoms with Crippen molar-refractivity contribution in [1.29, 1.82) is 0 Å². The second-order valence-corrected chi connectivity index (χ2v) is 3.75. The van der Waals surface area contributed by atoms with Gasteiger partial charge in [0.1, 0.15) is 11.5 Å². The first kappa shape index (κ1) is 10.8. The number of benzene rings is 1. The minimum atomic E-state index is 0.895. The summed E-state index contributed by atoms with van der Waals surface area (Å²) in [6.07, 6.45) is 6.30. The molecule has 0 aromatic heterocycles. The normalized spacial score (nSPS) is 15.1. The lowest BCUT2D eigenvalue weighted by Gasteiger charge is -2.14. The minimum absolute atomic E-state index is 0.895. The average Bonchev–Trinajstić information content (AvgIpc) is 2.39. The number of hydrogen-bond donors (Lipinski definition) is 0. The maximum Gasteiger partial charge on any atom is 0.119 e. The van der Waals surface area contributed by atoms with Gasteiger partial charge in [-0.3, -0.25) is 0 Å². The van der Waals surface area contributed by atoms with E-state index >= 15 is 0 Å². The van der Waals surface area contributed by atoms with Gasteiger partial charge >= 0.3 is 0 Å². The molecular formula is C14H16O2. The standard InChI is InChI=1S/C14H16O2/c1-15-13-7-3-5-11(9-13)12-6-4-8-14(10-12)16-2/h3,5,7-10H,4,6H2,1-2H3. The molecule has 0 atom stereocenters. The quantitative estimate of drug-likeness (QED) is 0.771. The van der Waals surface area contributed by atoms with Gasteiger partial charge in [-0.15, -0.1) is 0 Å². The van der Waals surface area contributed by atoms with Crippen LogP contribution in [0.2, 0.25) is 0 Å². The molecule has 0 aliphatic heterocycles. The number of allylic oxidation sites excluding steroid dienone is 3. The highest BCUT2D eigenvalue weighted by Crippen LogP contribution is 2.28. The fraction of sp³-hybridized carbons (Fsp3) is 0.286. The van der Waals surface area contributed by atoms with E-state index in [-0.39, 0.29) is 0 Å². The maximum absolute atomic E-state index is 5.25. The third kappa shape index (κ3) is 2.27. The molecule has 2 heteroatoms. The van der Waals surface area contributed by atoms with Gasteiger partial charge in [-0.25, -0.2) is 0 Å². The van der Waals surface area contributed by atoms with Crippen molar-refractivity contribution in [3.63, 3.8) is 0 Å². The molecule has 0 N–H and O–H groups in total. The van der Waals surface area contributed by atoms with E-state index in [4.69, 9.17) is 9.47 Å². The van der Waals surface area contributed by atoms with Gasteiger partial charge in [-0.05, 0) is 48.3 Å². The van der Waals surface area contributed by atoms with Gasteiger partial charge in [-0.1, -0.05) is 12.1 Å². The summed E-state index contributed by atoms with van der Waals surface area (Å²) in [5.41, 5.74) is 2.51. The van der Waals surface area contributed by atoms with Crippen LogP contribution >= 0.6 is 0 Å². The van der Waals surface area contributed by atoms with Gasteiger partial charge in [0.25, 0.3) is 0 Å². The molecule has 0 amide bonds. The molecule has 0 fully saturated rings. The van der Waals surface area contributed by atoms with Crippen LogP contribution in [0, 0.1) is 0 Å². The molecule has 0 bridgehead atoms. The molecule has 0 radical (unpaired) electrons. The third-order valence-electron chi connectivity index (χ3n) is 2.75. The molecule has 0 unspecified atom stereocenters. The van der Waals surface area contributed by atoms with Crippen molar-refractivity contribution in [2.24, 2.45) is 0 Å². The summed E-state index contributed by atoms with van der Waals surface area (Å²) in [6, 6.07) is 8.14. The Kier molecular flexibility index (Phi) is 3.30. The predicted molar refractivity (Wildman–Crippen MR) is 65.3 cm³/mol. The van der Waals surface area contributed by atoms with E-state index < -0.39 is 0 Å². The summed E-state index contributed by atoms with van der Waals surface area (Å²) >= 11 is 0. The zero-order valence-corrected chi connectivity index (χ0v) is 9.69. The largest absolute Gasteiger partial charge is 0.497 e. The SMILES string of the molecule is COC1=CCCC(c2cccc(OC)c2)=C1. The van der Waals surface area contributed by atoms with Crippen LogP contribution in [0.25, 0.3) is 5.57 Å². The monoisotopic (exact) mass is 216 g/mol. The summed E-state index contributed by atoms with van der Waals surface area (Å²) in [7, 11) is 3.39. The lowest BCUT2D eigenvalue weighted by molar-refractivity contribution is 0.304. The van der Waals surface area contributed by atoms with E-state index in [2.05, 4.69) is 24.3 Å². The number of ether oxygens (including phenoxy) is 2. The topological polar surface area (TPSA) is 18.5 Å². The molecule has 0 spiro atoms. The van der Waals surface area contributed by atoms with Crippen LogP contribution in [0.4, 0.5) is 0 Å². The second kappa shape index (κ2) is 4.88. The van der Waals surface area contributed by atoms with Crippen molar-refractivity contribution in [3.05, 3.63) is 47.7 Å². The van der Waals surface area contributed by atoms with Gasteiger partial charge < -0.3 is 9.47 Å². The van der Waals surface area contributed by atoms with Crippen LogP contribution in [0.1, 0.15) is 18.4 Å². The molecule has 1 aliphatic carbocycles. The van der Waals surface area contributed by atoms with Gasteiger partial charge in [0.15, 0.2) is 0 Å². The first-order valence-corrected chi connectivity index (χ1v) is 5.42. The Morgan fingerprint density at radius 3 is 2.75 bits per heavy atom. The lowest BCUT2D eigenvalue weighted by Crippen LogP contribution is -1.94. The summed E-state index contributed by atoms with van der Waals surface area (Å²) < 4.78 is 10.5. The van der Waals surface area contributed by atoms with Gasteiger partial charge in [-0.2, -0.15) is 0 Å². The maximum atomic E-state index is 5.25. The smallest absolute Gasteiger partial charge is 0.119 e. The van der Waals surface area contributed by atoms with Crippen molar-refractivity contribution in [2.45, 2.75) is 12.8 Å². The van der Waals surface area contributed by atoms with E-state index in [0.29, 0.717) is 0 Å². The molecular weight excluding hydrogens is 200 g/mol. The van der Waals surface area contributed by atoms with Crippen molar-refractivity contribution in [3.8, 4) is 5.75 Å². The van der Waals surface area contributed by atoms with Gasteiger partial charge in [0, 0.05) is 0 Å². The molecule has 2 rings (SSSR count). The van der Waals surface area contributed by atoms with E-state index in [1.54, 1.807) is 14.2 Å². The van der Waals surface area contributed by atoms with Crippen LogP contribution in [0.15, 0.2) is 42.2 Å². The molecule has 1 aliphatic rings. The van der Waals surface area contributed by atoms with Crippen molar-refractivity contribution < 1.29 is 9.47 Å². The summed E-state index contributed by atoms with van der Waals surface area (Å²) in [5.74, 6) is 1.84. The zero-order valence-electron chi connectivity index (χ0n) is 9.69. The Morgan fingerprint density at radius 2 is 2.00 bits per heavy atom. The van der Waals surface area contributed by atoms with Gasteiger partial charge in [0.2, 0.25) is 0 Å². The zero-order chi connectivity index (χ0) is 11.4. The summed E-state index contributed by atoms with van der Waals surface area (Å²) in [6.45, 7) is 0. The highest BCUT2D eigenvalue weighted by atomic mass is 16.5. The highest BCUT2D eigenvalue weighted by Gasteiger charge is 2.08. The van der Waals surface area contributed by atoms with Crippen LogP contribution < -0.4 is 4.74 Å². The molecule has 2 nitrogen and oxygen atoms in total.